The number of aromatic amines is 1. The molecule has 0 unspecified atom stereocenters. The normalized spacial score (nSPS) is 18.4. The number of carbonyl (C=O) groups excluding carboxylic acids is 1. The van der Waals surface area contributed by atoms with E-state index in [1.165, 1.54) is 34.3 Å². The van der Waals surface area contributed by atoms with Crippen LogP contribution in [0.15, 0.2) is 34.3 Å². The quantitative estimate of drug-likeness (QED) is 0.704. The first kappa shape index (κ1) is 19.3. The number of amides is 1. The number of piperazine rings is 1. The molecule has 8 nitrogen and oxygen atoms in total. The van der Waals surface area contributed by atoms with Crippen LogP contribution in [0.1, 0.15) is 24.6 Å². The number of hydrogen-bond acceptors (Lipinski definition) is 6. The number of nitrogens with zero attached hydrogens (tertiary/aromatic N) is 4. The van der Waals surface area contributed by atoms with E-state index in [1.54, 1.807) is 4.90 Å². The molecule has 1 aliphatic heterocycles. The molecule has 1 aromatic carbocycles. The molecule has 2 aromatic rings. The van der Waals surface area contributed by atoms with Gasteiger partial charge >= 0.3 is 0 Å². The van der Waals surface area contributed by atoms with Crippen LogP contribution in [0, 0.1) is 5.82 Å². The van der Waals surface area contributed by atoms with Gasteiger partial charge in [-0.15, -0.1) is 5.10 Å². The summed E-state index contributed by atoms with van der Waals surface area (Å²) in [7, 11) is -3.76. The molecule has 28 heavy (non-hydrogen) atoms. The van der Waals surface area contributed by atoms with Crippen LogP contribution in [0.4, 0.5) is 4.39 Å². The van der Waals surface area contributed by atoms with Crippen molar-refractivity contribution in [3.05, 3.63) is 35.9 Å². The summed E-state index contributed by atoms with van der Waals surface area (Å²) in [4.78, 5) is 18.4. The summed E-state index contributed by atoms with van der Waals surface area (Å²) in [5, 5.41) is 7.58. The molecular formula is C17H20FN5O3S2. The molecule has 11 heteroatoms. The zero-order chi connectivity index (χ0) is 19.7. The Morgan fingerprint density at radius 3 is 2.68 bits per heavy atom. The number of thioether (sulfide) groups is 1. The summed E-state index contributed by atoms with van der Waals surface area (Å²) in [6.07, 6.45) is 2.25. The molecule has 1 N–H and O–H groups in total. The Morgan fingerprint density at radius 2 is 2.00 bits per heavy atom. The highest BCUT2D eigenvalue weighted by Gasteiger charge is 2.31. The Hall–Kier alpha value is -1.98. The van der Waals surface area contributed by atoms with E-state index in [2.05, 4.69) is 15.2 Å². The molecule has 4 rings (SSSR count). The number of aromatic nitrogens is 3. The maximum Gasteiger partial charge on any atom is 0.243 e. The monoisotopic (exact) mass is 425 g/mol. The van der Waals surface area contributed by atoms with Gasteiger partial charge in [-0.2, -0.15) is 4.31 Å². The van der Waals surface area contributed by atoms with Gasteiger partial charge in [-0.3, -0.25) is 9.89 Å². The molecule has 1 saturated heterocycles. The van der Waals surface area contributed by atoms with Crippen LogP contribution in [0.5, 0.6) is 0 Å². The van der Waals surface area contributed by atoms with Crippen molar-refractivity contribution in [2.24, 2.45) is 0 Å². The van der Waals surface area contributed by atoms with Gasteiger partial charge in [0.15, 0.2) is 0 Å². The van der Waals surface area contributed by atoms with Crippen molar-refractivity contribution in [3.63, 3.8) is 0 Å². The first-order valence-electron chi connectivity index (χ1n) is 9.02. The van der Waals surface area contributed by atoms with E-state index in [1.807, 2.05) is 0 Å². The Labute approximate surface area is 166 Å². The van der Waals surface area contributed by atoms with E-state index in [-0.39, 0.29) is 29.6 Å². The molecule has 1 amide bonds. The average molecular weight is 426 g/mol. The fourth-order valence-corrected chi connectivity index (χ4v) is 5.20. The lowest BCUT2D eigenvalue weighted by molar-refractivity contribution is -0.129. The maximum atomic E-state index is 13.4. The van der Waals surface area contributed by atoms with E-state index in [9.17, 15) is 17.6 Å². The summed E-state index contributed by atoms with van der Waals surface area (Å²) in [6, 6.07) is 4.96. The smallest absolute Gasteiger partial charge is 0.243 e. The minimum atomic E-state index is -3.76. The maximum absolute atomic E-state index is 13.4. The zero-order valence-electron chi connectivity index (χ0n) is 15.0. The molecule has 2 heterocycles. The predicted octanol–water partition coefficient (Wildman–Crippen LogP) is 1.45. The van der Waals surface area contributed by atoms with Gasteiger partial charge in [0.2, 0.25) is 21.1 Å². The molecule has 150 valence electrons. The summed E-state index contributed by atoms with van der Waals surface area (Å²) >= 11 is 1.27. The van der Waals surface area contributed by atoms with Gasteiger partial charge < -0.3 is 4.90 Å². The highest BCUT2D eigenvalue weighted by Crippen LogP contribution is 2.38. The number of nitrogens with one attached hydrogen (secondary N) is 1. The SMILES string of the molecule is O=C(CSc1n[nH]c(C2CC2)n1)N1CCN(S(=O)(=O)c2cccc(F)c2)CC1. The molecule has 0 spiro atoms. The van der Waals surface area contributed by atoms with Crippen LogP contribution >= 0.6 is 11.8 Å². The summed E-state index contributed by atoms with van der Waals surface area (Å²) in [5.41, 5.74) is 0. The standard InChI is InChI=1S/C17H20FN5O3S2/c18-13-2-1-3-14(10-13)28(25,26)23-8-6-22(7-9-23)15(24)11-27-17-19-16(20-21-17)12-4-5-12/h1-3,10,12H,4-9,11H2,(H,19,20,21). The number of carbonyl (C=O) groups is 1. The number of benzene rings is 1. The topological polar surface area (TPSA) is 99.3 Å². The Kier molecular flexibility index (Phi) is 5.39. The number of rotatable bonds is 6. The van der Waals surface area contributed by atoms with Crippen molar-refractivity contribution < 1.29 is 17.6 Å². The van der Waals surface area contributed by atoms with Gasteiger partial charge in [0.1, 0.15) is 11.6 Å². The van der Waals surface area contributed by atoms with Crippen molar-refractivity contribution in [2.75, 3.05) is 31.9 Å². The van der Waals surface area contributed by atoms with Crippen LogP contribution < -0.4 is 0 Å². The molecule has 2 aliphatic rings. The third-order valence-electron chi connectivity index (χ3n) is 4.80. The molecular weight excluding hydrogens is 405 g/mol. The lowest BCUT2D eigenvalue weighted by Gasteiger charge is -2.34. The van der Waals surface area contributed by atoms with E-state index in [0.29, 0.717) is 24.2 Å². The fourth-order valence-electron chi connectivity index (χ4n) is 3.03. The third-order valence-corrected chi connectivity index (χ3v) is 7.52. The Bertz CT molecular complexity index is 969. The van der Waals surface area contributed by atoms with E-state index in [4.69, 9.17) is 0 Å². The predicted molar refractivity (Wildman–Crippen MR) is 101 cm³/mol. The molecule has 1 saturated carbocycles. The highest BCUT2D eigenvalue weighted by atomic mass is 32.2. The largest absolute Gasteiger partial charge is 0.339 e. The highest BCUT2D eigenvalue weighted by molar-refractivity contribution is 7.99. The van der Waals surface area contributed by atoms with Gasteiger partial charge in [-0.25, -0.2) is 17.8 Å². The number of sulfonamides is 1. The van der Waals surface area contributed by atoms with E-state index < -0.39 is 15.8 Å². The lowest BCUT2D eigenvalue weighted by atomic mass is 10.3. The Balaban J connectivity index is 1.29. The van der Waals surface area contributed by atoms with Crippen molar-refractivity contribution in [1.82, 2.24) is 24.4 Å². The van der Waals surface area contributed by atoms with Crippen molar-refractivity contribution in [3.8, 4) is 0 Å². The van der Waals surface area contributed by atoms with Crippen molar-refractivity contribution in [1.29, 1.82) is 0 Å². The third kappa shape index (κ3) is 4.20. The molecule has 0 atom stereocenters. The summed E-state index contributed by atoms with van der Waals surface area (Å²) in [5.74, 6) is 0.893. The molecule has 1 aliphatic carbocycles. The number of H-pyrrole nitrogens is 1. The van der Waals surface area contributed by atoms with Crippen molar-refractivity contribution in [2.45, 2.75) is 28.8 Å². The van der Waals surface area contributed by atoms with E-state index >= 15 is 0 Å². The minimum Gasteiger partial charge on any atom is -0.339 e. The fraction of sp³-hybridized carbons (Fsp3) is 0.471. The van der Waals surface area contributed by atoms with E-state index in [0.717, 1.165) is 24.7 Å². The first-order valence-corrected chi connectivity index (χ1v) is 11.4. The Morgan fingerprint density at radius 1 is 1.25 bits per heavy atom. The second-order valence-electron chi connectivity index (χ2n) is 6.81. The van der Waals surface area contributed by atoms with Crippen LogP contribution in [0.3, 0.4) is 0 Å². The van der Waals surface area contributed by atoms with Crippen molar-refractivity contribution >= 4 is 27.7 Å². The van der Waals surface area contributed by atoms with Gasteiger partial charge in [-0.05, 0) is 31.0 Å². The van der Waals surface area contributed by atoms with Gasteiger partial charge in [0.05, 0.1) is 10.6 Å². The van der Waals surface area contributed by atoms with Crippen LogP contribution in [-0.2, 0) is 14.8 Å². The molecule has 2 fully saturated rings. The van der Waals surface area contributed by atoms with Gasteiger partial charge in [0, 0.05) is 32.1 Å². The minimum absolute atomic E-state index is 0.0705. The summed E-state index contributed by atoms with van der Waals surface area (Å²) < 4.78 is 39.9. The first-order chi connectivity index (χ1) is 13.4. The van der Waals surface area contributed by atoms with Gasteiger partial charge in [-0.1, -0.05) is 17.8 Å². The summed E-state index contributed by atoms with van der Waals surface area (Å²) in [6.45, 7) is 0.966. The van der Waals surface area contributed by atoms with Gasteiger partial charge in [0.25, 0.3) is 0 Å². The lowest BCUT2D eigenvalue weighted by Crippen LogP contribution is -2.51. The van der Waals surface area contributed by atoms with Crippen LogP contribution in [-0.4, -0.2) is 70.6 Å². The number of hydrogen-bond donors (Lipinski definition) is 1. The van der Waals surface area contributed by atoms with Crippen LogP contribution in [0.2, 0.25) is 0 Å². The molecule has 0 radical (unpaired) electrons. The second-order valence-corrected chi connectivity index (χ2v) is 9.69. The zero-order valence-corrected chi connectivity index (χ0v) is 16.7. The average Bonchev–Trinajstić information content (AvgIpc) is 3.44. The molecule has 1 aromatic heterocycles. The number of halogens is 1. The molecule has 0 bridgehead atoms. The second kappa shape index (κ2) is 7.80. The van der Waals surface area contributed by atoms with Crippen LogP contribution in [0.25, 0.3) is 0 Å².